The van der Waals surface area contributed by atoms with Gasteiger partial charge in [-0.15, -0.1) is 0 Å². The summed E-state index contributed by atoms with van der Waals surface area (Å²) in [5.74, 6) is 0.169. The van der Waals surface area contributed by atoms with Crippen LogP contribution in [0, 0.1) is 5.92 Å². The predicted octanol–water partition coefficient (Wildman–Crippen LogP) is 6.32. The van der Waals surface area contributed by atoms with Crippen molar-refractivity contribution in [1.82, 2.24) is 10.3 Å². The molecule has 0 atom stereocenters. The van der Waals surface area contributed by atoms with E-state index in [4.69, 9.17) is 15.1 Å². The number of aromatic nitrogens is 1. The summed E-state index contributed by atoms with van der Waals surface area (Å²) < 4.78 is 5.33. The van der Waals surface area contributed by atoms with Gasteiger partial charge in [0.15, 0.2) is 0 Å². The third-order valence-electron chi connectivity index (χ3n) is 7.45. The Morgan fingerprint density at radius 1 is 1.15 bits per heavy atom. The SMILES string of the molecule is C/C=C/C(=C\C(=C/N)c1ccc2c(c1)C(c1cc3c(-c4ccoc4)cccc3[nH]1)=NCN2)NC(=O)C1CCC1. The van der Waals surface area contributed by atoms with Gasteiger partial charge in [-0.3, -0.25) is 9.79 Å². The third-order valence-corrected chi connectivity index (χ3v) is 7.45. The van der Waals surface area contributed by atoms with Crippen LogP contribution >= 0.6 is 0 Å². The number of aliphatic imine (C=N–C) groups is 1. The second-order valence-corrected chi connectivity index (χ2v) is 9.90. The summed E-state index contributed by atoms with van der Waals surface area (Å²) in [6, 6.07) is 16.5. The van der Waals surface area contributed by atoms with E-state index in [9.17, 15) is 4.79 Å². The number of aromatic amines is 1. The highest BCUT2D eigenvalue weighted by Gasteiger charge is 2.25. The largest absolute Gasteiger partial charge is 0.472 e. The summed E-state index contributed by atoms with van der Waals surface area (Å²) in [6.07, 6.45) is 13.8. The van der Waals surface area contributed by atoms with Crippen molar-refractivity contribution in [3.8, 4) is 11.1 Å². The summed E-state index contributed by atoms with van der Waals surface area (Å²) >= 11 is 0. The highest BCUT2D eigenvalue weighted by Crippen LogP contribution is 2.33. The molecule has 39 heavy (non-hydrogen) atoms. The van der Waals surface area contributed by atoms with Gasteiger partial charge in [-0.2, -0.15) is 0 Å². The molecule has 7 nitrogen and oxygen atoms in total. The first-order valence-electron chi connectivity index (χ1n) is 13.3. The number of amides is 1. The van der Waals surface area contributed by atoms with Crippen molar-refractivity contribution in [3.63, 3.8) is 0 Å². The maximum atomic E-state index is 12.6. The van der Waals surface area contributed by atoms with E-state index >= 15 is 0 Å². The smallest absolute Gasteiger partial charge is 0.227 e. The Hall–Kier alpha value is -4.78. The van der Waals surface area contributed by atoms with Crippen molar-refractivity contribution < 1.29 is 9.21 Å². The van der Waals surface area contributed by atoms with Crippen molar-refractivity contribution in [1.29, 1.82) is 0 Å². The molecule has 196 valence electrons. The zero-order valence-corrected chi connectivity index (χ0v) is 21.8. The number of H-pyrrole nitrogens is 1. The molecular weight excluding hydrogens is 486 g/mol. The number of rotatable bonds is 7. The number of hydrogen-bond donors (Lipinski definition) is 4. The molecule has 6 rings (SSSR count). The summed E-state index contributed by atoms with van der Waals surface area (Å²) in [4.78, 5) is 21.0. The van der Waals surface area contributed by atoms with E-state index in [2.05, 4.69) is 45.9 Å². The average molecular weight is 518 g/mol. The maximum absolute atomic E-state index is 12.6. The monoisotopic (exact) mass is 517 g/mol. The number of benzene rings is 2. The molecule has 0 unspecified atom stereocenters. The average Bonchev–Trinajstić information content (AvgIpc) is 3.60. The second kappa shape index (κ2) is 10.5. The van der Waals surface area contributed by atoms with E-state index in [1.165, 1.54) is 0 Å². The van der Waals surface area contributed by atoms with Crippen molar-refractivity contribution in [2.45, 2.75) is 26.2 Å². The van der Waals surface area contributed by atoms with Gasteiger partial charge in [0.25, 0.3) is 0 Å². The molecule has 4 aromatic rings. The fraction of sp³-hybridized carbons (Fsp3) is 0.188. The predicted molar refractivity (Wildman–Crippen MR) is 157 cm³/mol. The van der Waals surface area contributed by atoms with Gasteiger partial charge in [0.2, 0.25) is 5.91 Å². The Balaban J connectivity index is 1.35. The number of hydrogen-bond acceptors (Lipinski definition) is 5. The van der Waals surface area contributed by atoms with Crippen molar-refractivity contribution >= 4 is 33.8 Å². The Morgan fingerprint density at radius 3 is 2.79 bits per heavy atom. The minimum atomic E-state index is 0.0691. The van der Waals surface area contributed by atoms with E-state index in [0.717, 1.165) is 80.8 Å². The molecule has 5 N–H and O–H groups in total. The normalized spacial score (nSPS) is 16.1. The molecule has 1 saturated carbocycles. The first-order chi connectivity index (χ1) is 19.1. The molecule has 0 saturated heterocycles. The van der Waals surface area contributed by atoms with Gasteiger partial charge in [0.05, 0.1) is 23.9 Å². The summed E-state index contributed by atoms with van der Waals surface area (Å²) in [5, 5.41) is 7.56. The lowest BCUT2D eigenvalue weighted by Gasteiger charge is -2.24. The van der Waals surface area contributed by atoms with Gasteiger partial charge >= 0.3 is 0 Å². The van der Waals surface area contributed by atoms with E-state index < -0.39 is 0 Å². The van der Waals surface area contributed by atoms with Crippen molar-refractivity contribution in [2.24, 2.45) is 16.6 Å². The van der Waals surface area contributed by atoms with Crippen LogP contribution in [0.5, 0.6) is 0 Å². The second-order valence-electron chi connectivity index (χ2n) is 9.90. The molecule has 2 aromatic heterocycles. The van der Waals surface area contributed by atoms with Gasteiger partial charge < -0.3 is 25.8 Å². The fourth-order valence-corrected chi connectivity index (χ4v) is 5.16. The molecule has 2 aliphatic rings. The van der Waals surface area contributed by atoms with Gasteiger partial charge in [-0.1, -0.05) is 30.7 Å². The van der Waals surface area contributed by atoms with Gasteiger partial charge in [0.1, 0.15) is 6.67 Å². The number of allylic oxidation sites excluding steroid dienone is 4. The Bertz CT molecular complexity index is 1650. The number of nitrogens with zero attached hydrogens (tertiary/aromatic N) is 1. The molecule has 2 aromatic carbocycles. The number of fused-ring (bicyclic) bond motifs is 2. The molecule has 0 spiro atoms. The van der Waals surface area contributed by atoms with Crippen LogP contribution in [0.25, 0.3) is 27.6 Å². The fourth-order valence-electron chi connectivity index (χ4n) is 5.16. The standard InChI is InChI=1S/C32H31N5O2/c1-2-5-24(36-32(38)20-6-3-7-20)14-23(17-33)21-10-11-28-27(15-21)31(35-19-34-28)30-16-26-25(22-12-13-39-18-22)8-4-9-29(26)37-30/h2,4-5,8-18,20,34,37H,3,6-7,19,33H2,1H3,(H,36,38)/b5-2+,23-17+,24-14+. The lowest BCUT2D eigenvalue weighted by atomic mass is 9.85. The van der Waals surface area contributed by atoms with Crippen LogP contribution < -0.4 is 16.4 Å². The molecule has 3 heterocycles. The lowest BCUT2D eigenvalue weighted by Crippen LogP contribution is -2.33. The van der Waals surface area contributed by atoms with Crippen LogP contribution in [0.2, 0.25) is 0 Å². The number of nitrogens with one attached hydrogen (secondary N) is 3. The van der Waals surface area contributed by atoms with Gasteiger partial charge in [0, 0.05) is 45.5 Å². The summed E-state index contributed by atoms with van der Waals surface area (Å²) in [5.41, 5.74) is 15.6. The first-order valence-corrected chi connectivity index (χ1v) is 13.3. The highest BCUT2D eigenvalue weighted by atomic mass is 16.3. The lowest BCUT2D eigenvalue weighted by molar-refractivity contribution is -0.126. The molecule has 1 fully saturated rings. The minimum Gasteiger partial charge on any atom is -0.472 e. The first kappa shape index (κ1) is 24.6. The van der Waals surface area contributed by atoms with Crippen LogP contribution in [0.3, 0.4) is 0 Å². The van der Waals surface area contributed by atoms with Gasteiger partial charge in [-0.05, 0) is 78.9 Å². The molecule has 1 amide bonds. The van der Waals surface area contributed by atoms with E-state index in [-0.39, 0.29) is 11.8 Å². The number of furan rings is 1. The molecule has 1 aliphatic heterocycles. The zero-order chi connectivity index (χ0) is 26.8. The Labute approximate surface area is 227 Å². The number of anilines is 1. The topological polar surface area (TPSA) is 108 Å². The quantitative estimate of drug-likeness (QED) is 0.215. The zero-order valence-electron chi connectivity index (χ0n) is 21.8. The molecular formula is C32H31N5O2. The number of carbonyl (C=O) groups is 1. The summed E-state index contributed by atoms with van der Waals surface area (Å²) in [6.45, 7) is 2.42. The van der Waals surface area contributed by atoms with Crippen LogP contribution in [0.4, 0.5) is 5.69 Å². The maximum Gasteiger partial charge on any atom is 0.227 e. The van der Waals surface area contributed by atoms with Crippen molar-refractivity contribution in [3.05, 3.63) is 108 Å². The highest BCUT2D eigenvalue weighted by molar-refractivity contribution is 6.18. The van der Waals surface area contributed by atoms with E-state index in [0.29, 0.717) is 6.67 Å². The van der Waals surface area contributed by atoms with Crippen LogP contribution in [0.15, 0.2) is 101 Å². The number of nitrogens with two attached hydrogens (primary N) is 1. The molecule has 0 bridgehead atoms. The summed E-state index contributed by atoms with van der Waals surface area (Å²) in [7, 11) is 0. The van der Waals surface area contributed by atoms with E-state index in [1.807, 2.05) is 43.4 Å². The van der Waals surface area contributed by atoms with Crippen LogP contribution in [-0.2, 0) is 4.79 Å². The molecule has 7 heteroatoms. The third kappa shape index (κ3) is 4.79. The van der Waals surface area contributed by atoms with Gasteiger partial charge in [-0.25, -0.2) is 0 Å². The van der Waals surface area contributed by atoms with Crippen LogP contribution in [0.1, 0.15) is 43.0 Å². The Kier molecular flexibility index (Phi) is 6.63. The Morgan fingerprint density at radius 2 is 2.05 bits per heavy atom. The molecule has 0 radical (unpaired) electrons. The minimum absolute atomic E-state index is 0.0691. The van der Waals surface area contributed by atoms with Crippen LogP contribution in [-0.4, -0.2) is 23.3 Å². The molecule has 1 aliphatic carbocycles. The van der Waals surface area contributed by atoms with Crippen molar-refractivity contribution in [2.75, 3.05) is 12.0 Å². The number of carbonyl (C=O) groups excluding carboxylic acids is 1. The van der Waals surface area contributed by atoms with E-state index in [1.54, 1.807) is 18.7 Å².